The summed E-state index contributed by atoms with van der Waals surface area (Å²) in [6.45, 7) is 1.64. The van der Waals surface area contributed by atoms with E-state index in [0.29, 0.717) is 11.3 Å². The molecule has 1 fully saturated rings. The lowest BCUT2D eigenvalue weighted by atomic mass is 10.2. The van der Waals surface area contributed by atoms with Crippen LogP contribution in [0.3, 0.4) is 0 Å². The largest absolute Gasteiger partial charge is 0.333 e. The summed E-state index contributed by atoms with van der Waals surface area (Å²) in [6.07, 6.45) is 0.925. The first-order valence-corrected chi connectivity index (χ1v) is 7.47. The van der Waals surface area contributed by atoms with Crippen molar-refractivity contribution in [1.82, 2.24) is 9.80 Å². The van der Waals surface area contributed by atoms with Crippen molar-refractivity contribution < 1.29 is 27.4 Å². The zero-order valence-electron chi connectivity index (χ0n) is 10.5. The normalized spacial score (nSPS) is 17.3. The van der Waals surface area contributed by atoms with Gasteiger partial charge in [0, 0.05) is 13.1 Å². The SMILES string of the molecule is CCCCN1C(=O)CC(=O)N(CCS(=O)(=O)O)C1=O. The lowest BCUT2D eigenvalue weighted by molar-refractivity contribution is -0.142. The first-order chi connectivity index (χ1) is 8.76. The van der Waals surface area contributed by atoms with E-state index in [-0.39, 0.29) is 6.54 Å². The molecule has 1 aliphatic rings. The zero-order valence-corrected chi connectivity index (χ0v) is 11.4. The van der Waals surface area contributed by atoms with E-state index in [2.05, 4.69) is 0 Å². The molecule has 0 atom stereocenters. The Morgan fingerprint density at radius 2 is 1.63 bits per heavy atom. The number of unbranched alkanes of at least 4 members (excludes halogenated alkanes) is 1. The Kier molecular flexibility index (Phi) is 5.01. The molecule has 8 nitrogen and oxygen atoms in total. The van der Waals surface area contributed by atoms with Gasteiger partial charge in [-0.2, -0.15) is 8.42 Å². The Morgan fingerprint density at radius 1 is 1.11 bits per heavy atom. The highest BCUT2D eigenvalue weighted by Gasteiger charge is 2.37. The van der Waals surface area contributed by atoms with E-state index in [1.54, 1.807) is 0 Å². The van der Waals surface area contributed by atoms with Crippen molar-refractivity contribution in [3.05, 3.63) is 0 Å². The van der Waals surface area contributed by atoms with Crippen LogP contribution in [0.5, 0.6) is 0 Å². The number of barbiturate groups is 1. The molecule has 0 radical (unpaired) electrons. The molecule has 0 aromatic heterocycles. The second-order valence-corrected chi connectivity index (χ2v) is 5.76. The van der Waals surface area contributed by atoms with Crippen molar-refractivity contribution in [2.45, 2.75) is 26.2 Å². The molecular weight excluding hydrogens is 276 g/mol. The summed E-state index contributed by atoms with van der Waals surface area (Å²) in [6, 6.07) is -0.821. The van der Waals surface area contributed by atoms with E-state index < -0.39 is 46.7 Å². The molecule has 0 saturated carbocycles. The van der Waals surface area contributed by atoms with Gasteiger partial charge in [0.05, 0.1) is 5.75 Å². The molecule has 108 valence electrons. The zero-order chi connectivity index (χ0) is 14.6. The fourth-order valence-electron chi connectivity index (χ4n) is 1.64. The number of urea groups is 1. The van der Waals surface area contributed by atoms with E-state index in [1.165, 1.54) is 0 Å². The Hall–Kier alpha value is -1.48. The summed E-state index contributed by atoms with van der Waals surface area (Å²) in [5, 5.41) is 0. The van der Waals surface area contributed by atoms with Crippen LogP contribution in [0.4, 0.5) is 4.79 Å². The fourth-order valence-corrected chi connectivity index (χ4v) is 2.06. The lowest BCUT2D eigenvalue weighted by Crippen LogP contribution is -2.56. The molecule has 1 saturated heterocycles. The van der Waals surface area contributed by atoms with Gasteiger partial charge >= 0.3 is 6.03 Å². The Morgan fingerprint density at radius 3 is 2.11 bits per heavy atom. The predicted molar refractivity (Wildman–Crippen MR) is 64.8 cm³/mol. The molecule has 4 amide bonds. The van der Waals surface area contributed by atoms with E-state index >= 15 is 0 Å². The first-order valence-electron chi connectivity index (χ1n) is 5.86. The third-order valence-corrected chi connectivity index (χ3v) is 3.37. The molecule has 0 unspecified atom stereocenters. The molecule has 1 aliphatic heterocycles. The number of amides is 4. The smallest absolute Gasteiger partial charge is 0.285 e. The van der Waals surface area contributed by atoms with Crippen molar-refractivity contribution in [2.75, 3.05) is 18.8 Å². The van der Waals surface area contributed by atoms with Crippen LogP contribution in [-0.4, -0.2) is 59.5 Å². The van der Waals surface area contributed by atoms with Crippen LogP contribution >= 0.6 is 0 Å². The minimum absolute atomic E-state index is 0.198. The van der Waals surface area contributed by atoms with Gasteiger partial charge in [0.2, 0.25) is 11.8 Å². The number of carbonyl (C=O) groups is 3. The number of rotatable bonds is 6. The van der Waals surface area contributed by atoms with Gasteiger partial charge in [-0.3, -0.25) is 23.9 Å². The van der Waals surface area contributed by atoms with E-state index in [0.717, 1.165) is 11.3 Å². The van der Waals surface area contributed by atoms with Crippen LogP contribution in [0.15, 0.2) is 0 Å². The van der Waals surface area contributed by atoms with Crippen LogP contribution in [-0.2, 0) is 19.7 Å². The summed E-state index contributed by atoms with van der Waals surface area (Å²) < 4.78 is 29.9. The molecule has 19 heavy (non-hydrogen) atoms. The summed E-state index contributed by atoms with van der Waals surface area (Å²) in [5.41, 5.74) is 0. The quantitative estimate of drug-likeness (QED) is 0.538. The van der Waals surface area contributed by atoms with Gasteiger partial charge in [0.15, 0.2) is 0 Å². The summed E-state index contributed by atoms with van der Waals surface area (Å²) in [5.74, 6) is -2.06. The minimum Gasteiger partial charge on any atom is -0.285 e. The second-order valence-electron chi connectivity index (χ2n) is 4.19. The average Bonchev–Trinajstić information content (AvgIpc) is 2.26. The number of hydrogen-bond donors (Lipinski definition) is 1. The van der Waals surface area contributed by atoms with Crippen LogP contribution in [0.1, 0.15) is 26.2 Å². The van der Waals surface area contributed by atoms with Crippen molar-refractivity contribution >= 4 is 28.0 Å². The molecule has 1 N–H and O–H groups in total. The topological polar surface area (TPSA) is 112 Å². The Labute approximate surface area is 111 Å². The first kappa shape index (κ1) is 15.6. The third-order valence-electron chi connectivity index (χ3n) is 2.67. The van der Waals surface area contributed by atoms with E-state index in [1.807, 2.05) is 6.92 Å². The van der Waals surface area contributed by atoms with E-state index in [4.69, 9.17) is 4.55 Å². The highest BCUT2D eigenvalue weighted by atomic mass is 32.2. The number of carbonyl (C=O) groups excluding carboxylic acids is 3. The van der Waals surface area contributed by atoms with Crippen molar-refractivity contribution in [1.29, 1.82) is 0 Å². The monoisotopic (exact) mass is 292 g/mol. The molecule has 0 aromatic carbocycles. The minimum atomic E-state index is -4.27. The maximum atomic E-state index is 11.9. The predicted octanol–water partition coefficient (Wildman–Crippen LogP) is -0.145. The lowest BCUT2D eigenvalue weighted by Gasteiger charge is -2.32. The van der Waals surface area contributed by atoms with Crippen molar-refractivity contribution in [2.24, 2.45) is 0 Å². The van der Waals surface area contributed by atoms with Crippen LogP contribution in [0.25, 0.3) is 0 Å². The van der Waals surface area contributed by atoms with Gasteiger partial charge in [0.25, 0.3) is 10.1 Å². The van der Waals surface area contributed by atoms with Crippen molar-refractivity contribution in [3.8, 4) is 0 Å². The maximum Gasteiger partial charge on any atom is 0.333 e. The molecule has 1 rings (SSSR count). The summed E-state index contributed by atoms with van der Waals surface area (Å²) in [4.78, 5) is 36.6. The number of hydrogen-bond acceptors (Lipinski definition) is 5. The van der Waals surface area contributed by atoms with Gasteiger partial charge in [-0.15, -0.1) is 0 Å². The molecule has 0 aromatic rings. The average molecular weight is 292 g/mol. The highest BCUT2D eigenvalue weighted by Crippen LogP contribution is 2.13. The molecule has 1 heterocycles. The van der Waals surface area contributed by atoms with Gasteiger partial charge in [-0.05, 0) is 6.42 Å². The number of nitrogens with zero attached hydrogens (tertiary/aromatic N) is 2. The third kappa shape index (κ3) is 4.28. The summed E-state index contributed by atoms with van der Waals surface area (Å²) >= 11 is 0. The van der Waals surface area contributed by atoms with Crippen LogP contribution in [0, 0.1) is 0 Å². The van der Waals surface area contributed by atoms with Gasteiger partial charge in [0.1, 0.15) is 6.42 Å². The molecule has 0 spiro atoms. The Bertz CT molecular complexity index is 486. The van der Waals surface area contributed by atoms with Gasteiger partial charge in [-0.1, -0.05) is 13.3 Å². The van der Waals surface area contributed by atoms with E-state index in [9.17, 15) is 22.8 Å². The van der Waals surface area contributed by atoms with Gasteiger partial charge in [-0.25, -0.2) is 4.79 Å². The molecule has 0 aliphatic carbocycles. The van der Waals surface area contributed by atoms with Gasteiger partial charge < -0.3 is 0 Å². The molecular formula is C10H16N2O6S. The molecule has 9 heteroatoms. The number of imide groups is 2. The standard InChI is InChI=1S/C10H16N2O6S/c1-2-3-4-11-8(13)7-9(14)12(10(11)15)5-6-19(16,17)18/h2-7H2,1H3,(H,16,17,18). The summed E-state index contributed by atoms with van der Waals surface area (Å²) in [7, 11) is -4.27. The molecule has 0 bridgehead atoms. The Balaban J connectivity index is 2.77. The van der Waals surface area contributed by atoms with Crippen LogP contribution in [0.2, 0.25) is 0 Å². The second kappa shape index (κ2) is 6.11. The highest BCUT2D eigenvalue weighted by molar-refractivity contribution is 7.85. The van der Waals surface area contributed by atoms with Crippen LogP contribution < -0.4 is 0 Å². The van der Waals surface area contributed by atoms with Crippen molar-refractivity contribution in [3.63, 3.8) is 0 Å². The fraction of sp³-hybridized carbons (Fsp3) is 0.700. The maximum absolute atomic E-state index is 11.9.